The number of nitrogens with zero attached hydrogens (tertiary/aromatic N) is 2. The van der Waals surface area contributed by atoms with E-state index in [4.69, 9.17) is 5.11 Å². The van der Waals surface area contributed by atoms with Crippen LogP contribution in [0.3, 0.4) is 0 Å². The Labute approximate surface area is 90.3 Å². The molecule has 5 nitrogen and oxygen atoms in total. The predicted molar refractivity (Wildman–Crippen MR) is 56.8 cm³/mol. The lowest BCUT2D eigenvalue weighted by Gasteiger charge is -2.22. The molecule has 1 unspecified atom stereocenters. The molecule has 1 aliphatic heterocycles. The summed E-state index contributed by atoms with van der Waals surface area (Å²) in [6.45, 7) is 3.09. The molecule has 1 rings (SSSR count). The Morgan fingerprint density at radius 3 is 2.73 bits per heavy atom. The van der Waals surface area contributed by atoms with Gasteiger partial charge in [-0.25, -0.2) is 0 Å². The first-order valence-corrected chi connectivity index (χ1v) is 5.22. The average molecular weight is 216 g/mol. The number of hydrogen-bond donors (Lipinski definition) is 2. The topological polar surface area (TPSA) is 64.0 Å². The van der Waals surface area contributed by atoms with Gasteiger partial charge in [0.15, 0.2) is 0 Å². The maximum Gasteiger partial charge on any atom is 0.306 e. The Morgan fingerprint density at radius 1 is 1.53 bits per heavy atom. The predicted octanol–water partition coefficient (Wildman–Crippen LogP) is -0.540. The first-order chi connectivity index (χ1) is 6.91. The smallest absolute Gasteiger partial charge is 0.306 e. The van der Waals surface area contributed by atoms with Crippen molar-refractivity contribution in [2.45, 2.75) is 18.4 Å². The van der Waals surface area contributed by atoms with Crippen molar-refractivity contribution in [1.29, 1.82) is 0 Å². The molecule has 5 heteroatoms. The third kappa shape index (κ3) is 4.15. The highest BCUT2D eigenvalue weighted by molar-refractivity contribution is 5.68. The molecule has 0 amide bonds. The van der Waals surface area contributed by atoms with Crippen LogP contribution in [0.15, 0.2) is 0 Å². The van der Waals surface area contributed by atoms with Crippen molar-refractivity contribution < 1.29 is 15.0 Å². The van der Waals surface area contributed by atoms with Gasteiger partial charge in [0.05, 0.1) is 12.0 Å². The van der Waals surface area contributed by atoms with Crippen LogP contribution >= 0.6 is 0 Å². The number of aliphatic carboxylic acids is 1. The fraction of sp³-hybridized carbons (Fsp3) is 0.900. The van der Waals surface area contributed by atoms with Crippen LogP contribution in [0, 0.1) is 0 Å². The first kappa shape index (κ1) is 12.4. The van der Waals surface area contributed by atoms with Crippen LogP contribution in [0.4, 0.5) is 0 Å². The van der Waals surface area contributed by atoms with Gasteiger partial charge in [0.2, 0.25) is 0 Å². The van der Waals surface area contributed by atoms with Gasteiger partial charge in [0, 0.05) is 26.2 Å². The standard InChI is InChI=1S/C10H20N2O3/c1-11(2)5-6-12-4-3-10(15,8-12)7-9(13)14/h15H,3-8H2,1-2H3,(H,13,14). The summed E-state index contributed by atoms with van der Waals surface area (Å²) in [4.78, 5) is 14.7. The van der Waals surface area contributed by atoms with E-state index in [1.165, 1.54) is 0 Å². The Balaban J connectivity index is 2.34. The van der Waals surface area contributed by atoms with Crippen molar-refractivity contribution in [3.63, 3.8) is 0 Å². The quantitative estimate of drug-likeness (QED) is 0.646. The fourth-order valence-corrected chi connectivity index (χ4v) is 1.90. The molecule has 88 valence electrons. The molecule has 0 bridgehead atoms. The zero-order chi connectivity index (χ0) is 11.5. The Morgan fingerprint density at radius 2 is 2.20 bits per heavy atom. The van der Waals surface area contributed by atoms with E-state index in [1.807, 2.05) is 14.1 Å². The maximum absolute atomic E-state index is 10.5. The lowest BCUT2D eigenvalue weighted by atomic mass is 9.99. The zero-order valence-corrected chi connectivity index (χ0v) is 9.44. The molecular weight excluding hydrogens is 196 g/mol. The molecule has 0 radical (unpaired) electrons. The minimum Gasteiger partial charge on any atom is -0.481 e. The second kappa shape index (κ2) is 4.92. The van der Waals surface area contributed by atoms with Gasteiger partial charge in [0.25, 0.3) is 0 Å². The van der Waals surface area contributed by atoms with Crippen LogP contribution in [0.25, 0.3) is 0 Å². The third-order valence-corrected chi connectivity index (χ3v) is 2.76. The lowest BCUT2D eigenvalue weighted by Crippen LogP contribution is -2.37. The van der Waals surface area contributed by atoms with Gasteiger partial charge in [-0.2, -0.15) is 0 Å². The van der Waals surface area contributed by atoms with Gasteiger partial charge < -0.3 is 15.1 Å². The number of aliphatic hydroxyl groups is 1. The second-order valence-corrected chi connectivity index (χ2v) is 4.62. The first-order valence-electron chi connectivity index (χ1n) is 5.22. The molecule has 0 saturated carbocycles. The summed E-state index contributed by atoms with van der Waals surface area (Å²) < 4.78 is 0. The van der Waals surface area contributed by atoms with Crippen LogP contribution in [0.1, 0.15) is 12.8 Å². The highest BCUT2D eigenvalue weighted by atomic mass is 16.4. The molecule has 0 aromatic carbocycles. The van der Waals surface area contributed by atoms with Crippen molar-refractivity contribution >= 4 is 5.97 Å². The zero-order valence-electron chi connectivity index (χ0n) is 9.44. The second-order valence-electron chi connectivity index (χ2n) is 4.62. The minimum atomic E-state index is -1.02. The van der Waals surface area contributed by atoms with E-state index in [1.54, 1.807) is 0 Å². The average Bonchev–Trinajstić information content (AvgIpc) is 2.42. The molecule has 1 heterocycles. The van der Waals surface area contributed by atoms with Crippen LogP contribution in [-0.2, 0) is 4.79 Å². The number of hydrogen-bond acceptors (Lipinski definition) is 4. The van der Waals surface area contributed by atoms with Crippen LogP contribution in [-0.4, -0.2) is 71.9 Å². The van der Waals surface area contributed by atoms with E-state index in [9.17, 15) is 9.90 Å². The van der Waals surface area contributed by atoms with Gasteiger partial charge in [-0.15, -0.1) is 0 Å². The minimum absolute atomic E-state index is 0.147. The molecule has 0 aromatic heterocycles. The molecule has 1 saturated heterocycles. The van der Waals surface area contributed by atoms with Gasteiger partial charge >= 0.3 is 5.97 Å². The summed E-state index contributed by atoms with van der Waals surface area (Å²) in [7, 11) is 4.00. The van der Waals surface area contributed by atoms with E-state index in [-0.39, 0.29) is 6.42 Å². The van der Waals surface area contributed by atoms with Crippen molar-refractivity contribution in [3.05, 3.63) is 0 Å². The summed E-state index contributed by atoms with van der Waals surface area (Å²) in [5.41, 5.74) is -1.02. The SMILES string of the molecule is CN(C)CCN1CCC(O)(CC(=O)O)C1. The Hall–Kier alpha value is -0.650. The third-order valence-electron chi connectivity index (χ3n) is 2.76. The van der Waals surface area contributed by atoms with Crippen molar-refractivity contribution in [2.24, 2.45) is 0 Å². The summed E-state index contributed by atoms with van der Waals surface area (Å²) in [6, 6.07) is 0. The molecule has 0 spiro atoms. The number of carboxylic acid groups (broad SMARTS) is 1. The van der Waals surface area contributed by atoms with E-state index in [0.29, 0.717) is 13.0 Å². The largest absolute Gasteiger partial charge is 0.481 e. The Bertz CT molecular complexity index is 233. The number of carbonyl (C=O) groups is 1. The van der Waals surface area contributed by atoms with E-state index in [2.05, 4.69) is 9.80 Å². The fourth-order valence-electron chi connectivity index (χ4n) is 1.90. The number of likely N-dealkylation sites (N-methyl/N-ethyl adjacent to an activating group) is 1. The van der Waals surface area contributed by atoms with Crippen LogP contribution in [0.2, 0.25) is 0 Å². The number of β-amino-alcohol motifs (C(OH)–C–C–N with tert-alkyl or cyclic N) is 1. The number of rotatable bonds is 5. The van der Waals surface area contributed by atoms with E-state index < -0.39 is 11.6 Å². The highest BCUT2D eigenvalue weighted by Gasteiger charge is 2.37. The van der Waals surface area contributed by atoms with Crippen molar-refractivity contribution in [2.75, 3.05) is 40.3 Å². The Kier molecular flexibility index (Phi) is 4.07. The van der Waals surface area contributed by atoms with Gasteiger partial charge in [-0.3, -0.25) is 9.69 Å². The van der Waals surface area contributed by atoms with Gasteiger partial charge in [-0.05, 0) is 20.5 Å². The molecule has 0 aliphatic carbocycles. The van der Waals surface area contributed by atoms with E-state index in [0.717, 1.165) is 19.6 Å². The molecule has 0 aromatic rings. The molecular formula is C10H20N2O3. The summed E-state index contributed by atoms with van der Waals surface area (Å²) in [5, 5.41) is 18.6. The monoisotopic (exact) mass is 216 g/mol. The van der Waals surface area contributed by atoms with Gasteiger partial charge in [-0.1, -0.05) is 0 Å². The van der Waals surface area contributed by atoms with Crippen molar-refractivity contribution in [3.8, 4) is 0 Å². The number of carboxylic acids is 1. The van der Waals surface area contributed by atoms with Crippen LogP contribution in [0.5, 0.6) is 0 Å². The summed E-state index contributed by atoms with van der Waals surface area (Å²) in [5.74, 6) is -0.924. The molecule has 2 N–H and O–H groups in total. The highest BCUT2D eigenvalue weighted by Crippen LogP contribution is 2.24. The number of likely N-dealkylation sites (tertiary alicyclic amines) is 1. The molecule has 15 heavy (non-hydrogen) atoms. The van der Waals surface area contributed by atoms with Crippen molar-refractivity contribution in [1.82, 2.24) is 9.80 Å². The summed E-state index contributed by atoms with van der Waals surface area (Å²) >= 11 is 0. The molecule has 1 aliphatic rings. The summed E-state index contributed by atoms with van der Waals surface area (Å²) in [6.07, 6.45) is 0.415. The lowest BCUT2D eigenvalue weighted by molar-refractivity contribution is -0.142. The normalized spacial score (nSPS) is 27.5. The van der Waals surface area contributed by atoms with Crippen LogP contribution < -0.4 is 0 Å². The molecule has 1 fully saturated rings. The maximum atomic E-state index is 10.5. The molecule has 1 atom stereocenters. The van der Waals surface area contributed by atoms with Gasteiger partial charge in [0.1, 0.15) is 0 Å². The van der Waals surface area contributed by atoms with E-state index >= 15 is 0 Å².